The van der Waals surface area contributed by atoms with E-state index >= 15 is 0 Å². The topological polar surface area (TPSA) is 104 Å². The van der Waals surface area contributed by atoms with Gasteiger partial charge in [-0.15, -0.1) is 10.2 Å². The molecule has 150 valence electrons. The van der Waals surface area contributed by atoms with Crippen LogP contribution in [0.15, 0.2) is 45.8 Å². The maximum atomic E-state index is 12.3. The van der Waals surface area contributed by atoms with Crippen molar-refractivity contribution in [2.24, 2.45) is 0 Å². The van der Waals surface area contributed by atoms with E-state index in [2.05, 4.69) is 15.5 Å². The number of carbonyl (C=O) groups excluding carboxylic acids is 1. The maximum absolute atomic E-state index is 12.3. The zero-order chi connectivity index (χ0) is 20.2. The number of amides is 1. The quantitative estimate of drug-likeness (QED) is 0.630. The van der Waals surface area contributed by atoms with E-state index in [-0.39, 0.29) is 24.2 Å². The molecular weight excluding hydrogens is 418 g/mol. The van der Waals surface area contributed by atoms with Crippen LogP contribution < -0.4 is 15.5 Å². The summed E-state index contributed by atoms with van der Waals surface area (Å²) in [7, 11) is 0. The van der Waals surface area contributed by atoms with Crippen LogP contribution in [0.3, 0.4) is 0 Å². The molecule has 1 N–H and O–H groups in total. The molecule has 4 rings (SSSR count). The van der Waals surface area contributed by atoms with E-state index in [4.69, 9.17) is 25.5 Å². The van der Waals surface area contributed by atoms with Gasteiger partial charge >= 0.3 is 0 Å². The van der Waals surface area contributed by atoms with Gasteiger partial charge in [-0.3, -0.25) is 14.9 Å². The molecule has 1 amide bonds. The van der Waals surface area contributed by atoms with Crippen LogP contribution >= 0.6 is 22.9 Å². The first-order chi connectivity index (χ1) is 14.1. The predicted octanol–water partition coefficient (Wildman–Crippen LogP) is 3.83. The lowest BCUT2D eigenvalue weighted by Crippen LogP contribution is -2.15. The lowest BCUT2D eigenvalue weighted by atomic mass is 10.2. The van der Waals surface area contributed by atoms with Gasteiger partial charge in [-0.05, 0) is 30.5 Å². The number of nitrogens with zero attached hydrogens (tertiary/aromatic N) is 2. The smallest absolute Gasteiger partial charge is 0.293 e. The molecule has 0 unspecified atom stereocenters. The van der Waals surface area contributed by atoms with Gasteiger partial charge in [0.05, 0.1) is 0 Å². The Balaban J connectivity index is 1.38. The number of hydrogen-bond donors (Lipinski definition) is 1. The summed E-state index contributed by atoms with van der Waals surface area (Å²) in [5.74, 6) is -0.739. The summed E-state index contributed by atoms with van der Waals surface area (Å²) >= 11 is 7.07. The molecule has 0 bridgehead atoms. The molecule has 0 saturated carbocycles. The Hall–Kier alpha value is -2.75. The first-order valence-corrected chi connectivity index (χ1v) is 10.0. The zero-order valence-electron chi connectivity index (χ0n) is 15.1. The highest BCUT2D eigenvalue weighted by molar-refractivity contribution is 7.15. The third kappa shape index (κ3) is 4.81. The molecule has 1 aliphatic rings. The highest BCUT2D eigenvalue weighted by Gasteiger charge is 2.23. The van der Waals surface area contributed by atoms with E-state index in [1.54, 1.807) is 24.3 Å². The van der Waals surface area contributed by atoms with Gasteiger partial charge in [-0.2, -0.15) is 0 Å². The molecule has 0 aliphatic carbocycles. The standard InChI is InChI=1S/C19H16ClN3O5S/c20-12-5-3-11(4-6-12)9-27-16-10-28-15(8-13(16)24)17(25)21-19-23-22-18(29-19)14-2-1-7-26-14/h3-6,8,10,14H,1-2,7,9H2,(H,21,23,25)/t14-/m1/s1. The lowest BCUT2D eigenvalue weighted by Gasteiger charge is -2.06. The Morgan fingerprint density at radius 1 is 1.31 bits per heavy atom. The Kier molecular flexibility index (Phi) is 5.89. The summed E-state index contributed by atoms with van der Waals surface area (Å²) in [5.41, 5.74) is 0.376. The number of nitrogens with one attached hydrogen (secondary N) is 1. The summed E-state index contributed by atoms with van der Waals surface area (Å²) in [6.07, 6.45) is 2.90. The second-order valence-electron chi connectivity index (χ2n) is 6.29. The van der Waals surface area contributed by atoms with Crippen molar-refractivity contribution < 1.29 is 18.7 Å². The maximum Gasteiger partial charge on any atom is 0.293 e. The van der Waals surface area contributed by atoms with Crippen LogP contribution in [0.4, 0.5) is 5.13 Å². The molecule has 3 heterocycles. The fourth-order valence-electron chi connectivity index (χ4n) is 2.71. The SMILES string of the molecule is O=C(Nc1nnc([C@H]2CCCO2)s1)c1cc(=O)c(OCc2ccc(Cl)cc2)co1. The van der Waals surface area contributed by atoms with Gasteiger partial charge in [0.2, 0.25) is 16.3 Å². The van der Waals surface area contributed by atoms with Crippen LogP contribution in [0.5, 0.6) is 5.75 Å². The minimum atomic E-state index is -0.596. The van der Waals surface area contributed by atoms with Crippen LogP contribution in [0.25, 0.3) is 0 Å². The molecule has 1 aromatic carbocycles. The van der Waals surface area contributed by atoms with Crippen molar-refractivity contribution >= 4 is 34.0 Å². The number of rotatable bonds is 6. The van der Waals surface area contributed by atoms with Crippen LogP contribution in [0, 0.1) is 0 Å². The van der Waals surface area contributed by atoms with E-state index < -0.39 is 11.3 Å². The first-order valence-electron chi connectivity index (χ1n) is 8.85. The number of carbonyl (C=O) groups is 1. The summed E-state index contributed by atoms with van der Waals surface area (Å²) in [6, 6.07) is 8.12. The van der Waals surface area contributed by atoms with Gasteiger partial charge < -0.3 is 13.9 Å². The van der Waals surface area contributed by atoms with Gasteiger partial charge in [-0.1, -0.05) is 35.1 Å². The van der Waals surface area contributed by atoms with Crippen LogP contribution in [-0.2, 0) is 11.3 Å². The van der Waals surface area contributed by atoms with E-state index in [1.165, 1.54) is 11.3 Å². The third-order valence-corrected chi connectivity index (χ3v) is 5.38. The Bertz CT molecular complexity index is 1060. The molecule has 8 nitrogen and oxygen atoms in total. The molecule has 1 atom stereocenters. The van der Waals surface area contributed by atoms with Crippen LogP contribution in [-0.4, -0.2) is 22.7 Å². The highest BCUT2D eigenvalue weighted by Crippen LogP contribution is 2.32. The van der Waals surface area contributed by atoms with Crippen molar-refractivity contribution in [2.75, 3.05) is 11.9 Å². The number of ether oxygens (including phenoxy) is 2. The van der Waals surface area contributed by atoms with Crippen molar-refractivity contribution in [3.63, 3.8) is 0 Å². The Morgan fingerprint density at radius 2 is 2.14 bits per heavy atom. The molecule has 1 saturated heterocycles. The molecule has 29 heavy (non-hydrogen) atoms. The second-order valence-corrected chi connectivity index (χ2v) is 7.73. The predicted molar refractivity (Wildman–Crippen MR) is 107 cm³/mol. The summed E-state index contributed by atoms with van der Waals surface area (Å²) in [4.78, 5) is 24.6. The van der Waals surface area contributed by atoms with E-state index in [0.717, 1.165) is 30.7 Å². The minimum Gasteiger partial charge on any atom is -0.482 e. The monoisotopic (exact) mass is 433 g/mol. The largest absolute Gasteiger partial charge is 0.482 e. The van der Waals surface area contributed by atoms with Gasteiger partial charge in [0, 0.05) is 17.7 Å². The summed E-state index contributed by atoms with van der Waals surface area (Å²) in [5, 5.41) is 12.2. The average molecular weight is 434 g/mol. The molecule has 0 spiro atoms. The normalized spacial score (nSPS) is 16.0. The van der Waals surface area contributed by atoms with Crippen LogP contribution in [0.1, 0.15) is 40.1 Å². The molecule has 1 fully saturated rings. The number of halogens is 1. The molecular formula is C19H16ClN3O5S. The van der Waals surface area contributed by atoms with Crippen LogP contribution in [0.2, 0.25) is 5.02 Å². The fraction of sp³-hybridized carbons (Fsp3) is 0.263. The average Bonchev–Trinajstić information content (AvgIpc) is 3.40. The molecule has 3 aromatic rings. The van der Waals surface area contributed by atoms with Gasteiger partial charge in [0.1, 0.15) is 24.0 Å². The molecule has 2 aromatic heterocycles. The minimum absolute atomic E-state index is 0.00748. The lowest BCUT2D eigenvalue weighted by molar-refractivity contribution is 0.0993. The molecule has 0 radical (unpaired) electrons. The van der Waals surface area contributed by atoms with Gasteiger partial charge in [-0.25, -0.2) is 0 Å². The second kappa shape index (κ2) is 8.73. The van der Waals surface area contributed by atoms with E-state index in [0.29, 0.717) is 21.8 Å². The Morgan fingerprint density at radius 3 is 2.86 bits per heavy atom. The van der Waals surface area contributed by atoms with Crippen molar-refractivity contribution in [1.82, 2.24) is 10.2 Å². The highest BCUT2D eigenvalue weighted by atomic mass is 35.5. The third-order valence-electron chi connectivity index (χ3n) is 4.20. The first kappa shape index (κ1) is 19.6. The van der Waals surface area contributed by atoms with Gasteiger partial charge in [0.15, 0.2) is 5.76 Å². The van der Waals surface area contributed by atoms with Crippen molar-refractivity contribution in [1.29, 1.82) is 0 Å². The van der Waals surface area contributed by atoms with Gasteiger partial charge in [0.25, 0.3) is 5.91 Å². The van der Waals surface area contributed by atoms with Crippen molar-refractivity contribution in [3.05, 3.63) is 68.2 Å². The Labute approximate surface area is 174 Å². The van der Waals surface area contributed by atoms with Crippen molar-refractivity contribution in [3.8, 4) is 5.75 Å². The van der Waals surface area contributed by atoms with E-state index in [9.17, 15) is 9.59 Å². The number of anilines is 1. The number of hydrogen-bond acceptors (Lipinski definition) is 8. The fourth-order valence-corrected chi connectivity index (χ4v) is 3.66. The van der Waals surface area contributed by atoms with E-state index in [1.807, 2.05) is 0 Å². The molecule has 10 heteroatoms. The molecule has 1 aliphatic heterocycles. The summed E-state index contributed by atoms with van der Waals surface area (Å²) in [6.45, 7) is 0.869. The van der Waals surface area contributed by atoms with Crippen molar-refractivity contribution in [2.45, 2.75) is 25.6 Å². The summed E-state index contributed by atoms with van der Waals surface area (Å²) < 4.78 is 16.3. The zero-order valence-corrected chi connectivity index (χ0v) is 16.7. The number of benzene rings is 1. The number of aromatic nitrogens is 2.